The number of carbonyl (C=O) groups excluding carboxylic acids is 2. The van der Waals surface area contributed by atoms with Crippen molar-refractivity contribution in [2.24, 2.45) is 5.92 Å². The molecule has 1 atom stereocenters. The van der Waals surface area contributed by atoms with Gasteiger partial charge in [0.05, 0.1) is 13.0 Å². The lowest BCUT2D eigenvalue weighted by Crippen LogP contribution is -2.16. The molecule has 1 saturated carbocycles. The first kappa shape index (κ1) is 13.2. The van der Waals surface area contributed by atoms with Crippen LogP contribution in [0.5, 0.6) is 0 Å². The summed E-state index contributed by atoms with van der Waals surface area (Å²) in [6, 6.07) is 0. The third-order valence-corrected chi connectivity index (χ3v) is 3.30. The van der Waals surface area contributed by atoms with Crippen LogP contribution in [0.15, 0.2) is 0 Å². The lowest BCUT2D eigenvalue weighted by atomic mass is 9.95. The summed E-state index contributed by atoms with van der Waals surface area (Å²) in [6.07, 6.45) is 8.16. The van der Waals surface area contributed by atoms with Crippen LogP contribution in [-0.4, -0.2) is 18.9 Å². The minimum Gasteiger partial charge on any atom is -0.469 e. The van der Waals surface area contributed by atoms with E-state index in [2.05, 4.69) is 0 Å². The van der Waals surface area contributed by atoms with Crippen molar-refractivity contribution in [3.05, 3.63) is 0 Å². The fourth-order valence-electron chi connectivity index (χ4n) is 2.27. The van der Waals surface area contributed by atoms with Gasteiger partial charge in [0.1, 0.15) is 5.78 Å². The van der Waals surface area contributed by atoms with E-state index < -0.39 is 0 Å². The molecular weight excluding hydrogens is 204 g/mol. The Kier molecular flexibility index (Phi) is 6.12. The second-order valence-electron chi connectivity index (χ2n) is 4.60. The molecule has 0 N–H and O–H groups in total. The first-order valence-corrected chi connectivity index (χ1v) is 6.33. The Balaban J connectivity index is 2.42. The molecule has 1 rings (SSSR count). The smallest absolute Gasteiger partial charge is 0.308 e. The summed E-state index contributed by atoms with van der Waals surface area (Å²) in [6.45, 7) is 0. The molecule has 3 nitrogen and oxygen atoms in total. The van der Waals surface area contributed by atoms with Gasteiger partial charge < -0.3 is 4.74 Å². The molecule has 0 radical (unpaired) electrons. The number of ketones is 1. The zero-order valence-electron chi connectivity index (χ0n) is 10.2. The number of hydrogen-bond acceptors (Lipinski definition) is 3. The molecule has 0 aromatic heterocycles. The van der Waals surface area contributed by atoms with E-state index in [1.807, 2.05) is 0 Å². The van der Waals surface area contributed by atoms with E-state index in [0.29, 0.717) is 12.2 Å². The van der Waals surface area contributed by atoms with Crippen molar-refractivity contribution in [2.45, 2.75) is 57.8 Å². The molecule has 0 bridgehead atoms. The third-order valence-electron chi connectivity index (χ3n) is 3.30. The van der Waals surface area contributed by atoms with Gasteiger partial charge >= 0.3 is 5.97 Å². The Labute approximate surface area is 97.5 Å². The van der Waals surface area contributed by atoms with Gasteiger partial charge in [0.15, 0.2) is 0 Å². The Morgan fingerprint density at radius 2 is 1.62 bits per heavy atom. The Morgan fingerprint density at radius 3 is 2.25 bits per heavy atom. The maximum absolute atomic E-state index is 11.5. The average Bonchev–Trinajstić information content (AvgIpc) is 2.34. The van der Waals surface area contributed by atoms with Crippen molar-refractivity contribution in [1.82, 2.24) is 0 Å². The topological polar surface area (TPSA) is 43.4 Å². The highest BCUT2D eigenvalue weighted by Gasteiger charge is 2.19. The zero-order chi connectivity index (χ0) is 11.8. The first-order valence-electron chi connectivity index (χ1n) is 6.33. The van der Waals surface area contributed by atoms with Crippen molar-refractivity contribution in [1.29, 1.82) is 0 Å². The molecule has 0 heterocycles. The van der Waals surface area contributed by atoms with Crippen molar-refractivity contribution in [3.8, 4) is 0 Å². The zero-order valence-corrected chi connectivity index (χ0v) is 10.2. The number of ether oxygens (including phenoxy) is 1. The van der Waals surface area contributed by atoms with Crippen LogP contribution >= 0.6 is 0 Å². The van der Waals surface area contributed by atoms with Gasteiger partial charge in [-0.15, -0.1) is 0 Å². The molecule has 0 saturated heterocycles. The van der Waals surface area contributed by atoms with Gasteiger partial charge in [-0.1, -0.05) is 19.3 Å². The van der Waals surface area contributed by atoms with Gasteiger partial charge in [-0.3, -0.25) is 9.59 Å². The number of carbonyl (C=O) groups is 2. The lowest BCUT2D eigenvalue weighted by Gasteiger charge is -2.13. The predicted molar refractivity (Wildman–Crippen MR) is 62.1 cm³/mol. The van der Waals surface area contributed by atoms with Crippen LogP contribution in [0.25, 0.3) is 0 Å². The van der Waals surface area contributed by atoms with Crippen LogP contribution in [0.1, 0.15) is 57.8 Å². The summed E-state index contributed by atoms with van der Waals surface area (Å²) >= 11 is 0. The van der Waals surface area contributed by atoms with Crippen molar-refractivity contribution in [2.75, 3.05) is 7.11 Å². The molecular formula is C13H22O3. The molecule has 1 aliphatic carbocycles. The molecule has 92 valence electrons. The van der Waals surface area contributed by atoms with Crippen LogP contribution in [-0.2, 0) is 14.3 Å². The van der Waals surface area contributed by atoms with Crippen molar-refractivity contribution in [3.63, 3.8) is 0 Å². The third kappa shape index (κ3) is 4.77. The highest BCUT2D eigenvalue weighted by Crippen LogP contribution is 2.21. The lowest BCUT2D eigenvalue weighted by molar-refractivity contribution is -0.146. The summed E-state index contributed by atoms with van der Waals surface area (Å²) in [7, 11) is 1.46. The second kappa shape index (κ2) is 7.42. The molecule has 0 spiro atoms. The van der Waals surface area contributed by atoms with E-state index in [9.17, 15) is 9.59 Å². The van der Waals surface area contributed by atoms with Crippen LogP contribution in [0.2, 0.25) is 0 Å². The van der Waals surface area contributed by atoms with Gasteiger partial charge in [0.2, 0.25) is 0 Å². The van der Waals surface area contributed by atoms with Crippen LogP contribution in [0.4, 0.5) is 0 Å². The van der Waals surface area contributed by atoms with Crippen LogP contribution in [0, 0.1) is 5.92 Å². The molecule has 0 aliphatic heterocycles. The van der Waals surface area contributed by atoms with E-state index in [1.165, 1.54) is 7.11 Å². The standard InChI is InChI=1S/C13H22O3/c1-16-13(15)11-7-3-2-4-9-12(14)10-6-5-8-11/h11H,2-10H2,1H3. The number of Topliss-reactive ketones (excluding diaryl/α,β-unsaturated/α-hetero) is 1. The van der Waals surface area contributed by atoms with Gasteiger partial charge in [0, 0.05) is 12.8 Å². The molecule has 3 heteroatoms. The maximum Gasteiger partial charge on any atom is 0.308 e. The highest BCUT2D eigenvalue weighted by molar-refractivity contribution is 5.78. The Bertz CT molecular complexity index is 235. The molecule has 0 amide bonds. The van der Waals surface area contributed by atoms with E-state index in [-0.39, 0.29) is 11.9 Å². The fourth-order valence-corrected chi connectivity index (χ4v) is 2.27. The van der Waals surface area contributed by atoms with Gasteiger partial charge in [-0.05, 0) is 25.7 Å². The summed E-state index contributed by atoms with van der Waals surface area (Å²) in [5, 5.41) is 0. The van der Waals surface area contributed by atoms with Crippen molar-refractivity contribution >= 4 is 11.8 Å². The Hall–Kier alpha value is -0.860. The molecule has 1 aliphatic rings. The molecule has 0 aromatic carbocycles. The van der Waals surface area contributed by atoms with Gasteiger partial charge in [0.25, 0.3) is 0 Å². The monoisotopic (exact) mass is 226 g/mol. The molecule has 1 fully saturated rings. The number of methoxy groups -OCH3 is 1. The largest absolute Gasteiger partial charge is 0.469 e. The van der Waals surface area contributed by atoms with Gasteiger partial charge in [-0.2, -0.15) is 0 Å². The number of rotatable bonds is 1. The second-order valence-corrected chi connectivity index (χ2v) is 4.60. The van der Waals surface area contributed by atoms with Crippen LogP contribution in [0.3, 0.4) is 0 Å². The molecule has 1 unspecified atom stereocenters. The predicted octanol–water partition coefficient (Wildman–Crippen LogP) is 2.87. The van der Waals surface area contributed by atoms with Crippen molar-refractivity contribution < 1.29 is 14.3 Å². The summed E-state index contributed by atoms with van der Waals surface area (Å²) in [5.41, 5.74) is 0. The average molecular weight is 226 g/mol. The van der Waals surface area contributed by atoms with E-state index in [0.717, 1.165) is 51.4 Å². The highest BCUT2D eigenvalue weighted by atomic mass is 16.5. The van der Waals surface area contributed by atoms with E-state index >= 15 is 0 Å². The number of esters is 1. The molecule has 16 heavy (non-hydrogen) atoms. The quantitative estimate of drug-likeness (QED) is 0.646. The molecule has 0 aromatic rings. The summed E-state index contributed by atoms with van der Waals surface area (Å²) in [5.74, 6) is 0.361. The number of hydrogen-bond donors (Lipinski definition) is 0. The normalized spacial score (nSPS) is 24.6. The minimum absolute atomic E-state index is 0.0539. The Morgan fingerprint density at radius 1 is 1.06 bits per heavy atom. The van der Waals surface area contributed by atoms with Gasteiger partial charge in [-0.25, -0.2) is 0 Å². The SMILES string of the molecule is COC(=O)C1CCCCCC(=O)CCCC1. The van der Waals surface area contributed by atoms with Crippen LogP contribution < -0.4 is 0 Å². The van der Waals surface area contributed by atoms with E-state index in [4.69, 9.17) is 4.74 Å². The fraction of sp³-hybridized carbons (Fsp3) is 0.846. The van der Waals surface area contributed by atoms with E-state index in [1.54, 1.807) is 0 Å². The summed E-state index contributed by atoms with van der Waals surface area (Å²) < 4.78 is 4.80. The first-order chi connectivity index (χ1) is 7.74. The maximum atomic E-state index is 11.5. The summed E-state index contributed by atoms with van der Waals surface area (Å²) in [4.78, 5) is 22.9. The minimum atomic E-state index is -0.0782.